The maximum absolute atomic E-state index is 10.5. The first-order valence-electron chi connectivity index (χ1n) is 3.91. The molecule has 0 heterocycles. The molecule has 66 valence electrons. The van der Waals surface area contributed by atoms with Crippen molar-refractivity contribution in [2.45, 2.75) is 45.3 Å². The molecule has 3 heteroatoms. The predicted molar refractivity (Wildman–Crippen MR) is 42.2 cm³/mol. The molecule has 0 aliphatic carbocycles. The van der Waals surface area contributed by atoms with Crippen molar-refractivity contribution in [2.24, 2.45) is 0 Å². The number of aliphatic hydroxyl groups is 2. The van der Waals surface area contributed by atoms with Crippen LogP contribution in [0, 0.1) is 0 Å². The molecule has 0 aliphatic rings. The fourth-order valence-electron chi connectivity index (χ4n) is 0.896. The minimum Gasteiger partial charge on any atom is -0.393 e. The molecule has 0 bridgehead atoms. The predicted octanol–water partition coefficient (Wildman–Crippen LogP) is 0.487. The summed E-state index contributed by atoms with van der Waals surface area (Å²) in [5, 5.41) is 18.2. The van der Waals surface area contributed by atoms with Crippen molar-refractivity contribution in [3.05, 3.63) is 0 Å². The summed E-state index contributed by atoms with van der Waals surface area (Å²) >= 11 is 0. The van der Waals surface area contributed by atoms with Crippen molar-refractivity contribution in [3.63, 3.8) is 0 Å². The summed E-state index contributed by atoms with van der Waals surface area (Å²) in [5.74, 6) is -0.0409. The monoisotopic (exact) mass is 160 g/mol. The van der Waals surface area contributed by atoms with E-state index in [1.54, 1.807) is 0 Å². The average Bonchev–Trinajstić information content (AvgIpc) is 1.85. The molecule has 0 rings (SSSR count). The van der Waals surface area contributed by atoms with Crippen molar-refractivity contribution in [1.29, 1.82) is 0 Å². The Balaban J connectivity index is 3.51. The quantitative estimate of drug-likeness (QED) is 0.615. The van der Waals surface area contributed by atoms with E-state index in [1.165, 1.54) is 6.92 Å². The molecule has 0 aliphatic heterocycles. The van der Waals surface area contributed by atoms with Gasteiger partial charge >= 0.3 is 0 Å². The Morgan fingerprint density at radius 3 is 2.27 bits per heavy atom. The van der Waals surface area contributed by atoms with Gasteiger partial charge in [0.2, 0.25) is 0 Å². The van der Waals surface area contributed by atoms with E-state index in [-0.39, 0.29) is 12.2 Å². The maximum Gasteiger partial charge on any atom is 0.132 e. The van der Waals surface area contributed by atoms with Gasteiger partial charge in [-0.1, -0.05) is 6.92 Å². The molecule has 2 N–H and O–H groups in total. The second-order valence-corrected chi connectivity index (χ2v) is 2.86. The summed E-state index contributed by atoms with van der Waals surface area (Å²) in [6.07, 6.45) is -0.0888. The first-order chi connectivity index (χ1) is 5.06. The lowest BCUT2D eigenvalue weighted by molar-refractivity contribution is -0.119. The Morgan fingerprint density at radius 1 is 1.36 bits per heavy atom. The van der Waals surface area contributed by atoms with Gasteiger partial charge in [-0.15, -0.1) is 0 Å². The number of Topliss-reactive ketones (excluding diaryl/α,β-unsaturated/α-hetero) is 1. The highest BCUT2D eigenvalue weighted by atomic mass is 16.3. The third-order valence-corrected chi connectivity index (χ3v) is 1.54. The summed E-state index contributed by atoms with van der Waals surface area (Å²) in [6, 6.07) is 0. The summed E-state index contributed by atoms with van der Waals surface area (Å²) in [4.78, 5) is 10.5. The van der Waals surface area contributed by atoms with Gasteiger partial charge in [0, 0.05) is 6.42 Å². The molecule has 2 unspecified atom stereocenters. The van der Waals surface area contributed by atoms with E-state index in [0.29, 0.717) is 12.8 Å². The zero-order valence-electron chi connectivity index (χ0n) is 7.08. The highest BCUT2D eigenvalue weighted by molar-refractivity contribution is 5.75. The van der Waals surface area contributed by atoms with Crippen molar-refractivity contribution in [3.8, 4) is 0 Å². The van der Waals surface area contributed by atoms with Gasteiger partial charge in [0.05, 0.1) is 12.2 Å². The van der Waals surface area contributed by atoms with Gasteiger partial charge in [-0.3, -0.25) is 4.79 Å². The van der Waals surface area contributed by atoms with Crippen LogP contribution in [0.3, 0.4) is 0 Å². The van der Waals surface area contributed by atoms with Gasteiger partial charge in [0.15, 0.2) is 0 Å². The Labute approximate surface area is 67.0 Å². The lowest BCUT2D eigenvalue weighted by Crippen LogP contribution is -2.19. The van der Waals surface area contributed by atoms with Crippen molar-refractivity contribution < 1.29 is 15.0 Å². The third-order valence-electron chi connectivity index (χ3n) is 1.54. The average molecular weight is 160 g/mol. The minimum atomic E-state index is -0.678. The van der Waals surface area contributed by atoms with Crippen LogP contribution in [0.15, 0.2) is 0 Å². The van der Waals surface area contributed by atoms with Gasteiger partial charge in [0.25, 0.3) is 0 Å². The van der Waals surface area contributed by atoms with E-state index in [2.05, 4.69) is 0 Å². The van der Waals surface area contributed by atoms with Crippen molar-refractivity contribution in [1.82, 2.24) is 0 Å². The number of hydrogen-bond donors (Lipinski definition) is 2. The smallest absolute Gasteiger partial charge is 0.132 e. The highest BCUT2D eigenvalue weighted by Gasteiger charge is 2.11. The molecule has 0 aromatic heterocycles. The zero-order valence-corrected chi connectivity index (χ0v) is 7.08. The summed E-state index contributed by atoms with van der Waals surface area (Å²) in [7, 11) is 0. The molecule has 0 spiro atoms. The SMILES string of the molecule is CCC(O)CC(O)CC(C)=O. The van der Waals surface area contributed by atoms with Crippen LogP contribution in [0.1, 0.15) is 33.1 Å². The number of hydrogen-bond acceptors (Lipinski definition) is 3. The number of rotatable bonds is 5. The molecule has 0 fully saturated rings. The van der Waals surface area contributed by atoms with E-state index in [0.717, 1.165) is 0 Å². The molecule has 0 amide bonds. The van der Waals surface area contributed by atoms with Gasteiger partial charge in [-0.2, -0.15) is 0 Å². The first-order valence-corrected chi connectivity index (χ1v) is 3.91. The number of carbonyl (C=O) groups is 1. The van der Waals surface area contributed by atoms with Crippen molar-refractivity contribution in [2.75, 3.05) is 0 Å². The number of aliphatic hydroxyl groups excluding tert-OH is 2. The Kier molecular flexibility index (Phi) is 5.07. The second-order valence-electron chi connectivity index (χ2n) is 2.86. The van der Waals surface area contributed by atoms with Gasteiger partial charge in [0.1, 0.15) is 5.78 Å². The van der Waals surface area contributed by atoms with Crippen LogP contribution in [0.5, 0.6) is 0 Å². The standard InChI is InChI=1S/C8H16O3/c1-3-7(10)5-8(11)4-6(2)9/h7-8,10-11H,3-5H2,1-2H3. The van der Waals surface area contributed by atoms with Crippen LogP contribution in [0.2, 0.25) is 0 Å². The van der Waals surface area contributed by atoms with Crippen LogP contribution in [0.4, 0.5) is 0 Å². The number of ketones is 1. The summed E-state index contributed by atoms with van der Waals surface area (Å²) in [5.41, 5.74) is 0. The molecule has 11 heavy (non-hydrogen) atoms. The minimum absolute atomic E-state index is 0.0409. The highest BCUT2D eigenvalue weighted by Crippen LogP contribution is 2.05. The molecule has 0 saturated carbocycles. The fraction of sp³-hybridized carbons (Fsp3) is 0.875. The van der Waals surface area contributed by atoms with Gasteiger partial charge in [-0.05, 0) is 19.8 Å². The van der Waals surface area contributed by atoms with Crippen LogP contribution >= 0.6 is 0 Å². The molecule has 0 radical (unpaired) electrons. The fourth-order valence-corrected chi connectivity index (χ4v) is 0.896. The Morgan fingerprint density at radius 2 is 1.91 bits per heavy atom. The molecular formula is C8H16O3. The van der Waals surface area contributed by atoms with E-state index < -0.39 is 12.2 Å². The lowest BCUT2D eigenvalue weighted by atomic mass is 10.1. The molecule has 0 saturated heterocycles. The van der Waals surface area contributed by atoms with E-state index in [4.69, 9.17) is 10.2 Å². The van der Waals surface area contributed by atoms with E-state index in [9.17, 15) is 4.79 Å². The van der Waals surface area contributed by atoms with Crippen LogP contribution in [0.25, 0.3) is 0 Å². The van der Waals surface area contributed by atoms with Gasteiger partial charge in [-0.25, -0.2) is 0 Å². The second kappa shape index (κ2) is 5.27. The van der Waals surface area contributed by atoms with E-state index >= 15 is 0 Å². The molecule has 0 aromatic rings. The third kappa shape index (κ3) is 6.01. The topological polar surface area (TPSA) is 57.5 Å². The van der Waals surface area contributed by atoms with Gasteiger partial charge < -0.3 is 10.2 Å². The lowest BCUT2D eigenvalue weighted by Gasteiger charge is -2.11. The summed E-state index contributed by atoms with van der Waals surface area (Å²) < 4.78 is 0. The zero-order chi connectivity index (χ0) is 8.85. The Hall–Kier alpha value is -0.410. The summed E-state index contributed by atoms with van der Waals surface area (Å²) in [6.45, 7) is 3.27. The normalized spacial score (nSPS) is 16.0. The molecule has 0 aromatic carbocycles. The van der Waals surface area contributed by atoms with Crippen LogP contribution in [-0.2, 0) is 4.79 Å². The van der Waals surface area contributed by atoms with Crippen LogP contribution in [-0.4, -0.2) is 28.2 Å². The first kappa shape index (κ1) is 10.6. The Bertz CT molecular complexity index is 123. The van der Waals surface area contributed by atoms with Crippen LogP contribution < -0.4 is 0 Å². The molecular weight excluding hydrogens is 144 g/mol. The largest absolute Gasteiger partial charge is 0.393 e. The van der Waals surface area contributed by atoms with E-state index in [1.807, 2.05) is 6.92 Å². The molecule has 3 nitrogen and oxygen atoms in total. The number of carbonyl (C=O) groups excluding carboxylic acids is 1. The molecule has 2 atom stereocenters. The maximum atomic E-state index is 10.5. The van der Waals surface area contributed by atoms with Crippen molar-refractivity contribution >= 4 is 5.78 Å².